The second kappa shape index (κ2) is 3.46. The zero-order valence-electron chi connectivity index (χ0n) is 4.03. The van der Waals surface area contributed by atoms with Gasteiger partial charge in [0.25, 0.3) is 6.43 Å². The average Bonchev–Trinajstić information content (AvgIpc) is 1.67. The van der Waals surface area contributed by atoms with Crippen molar-refractivity contribution in [1.29, 1.82) is 0 Å². The summed E-state index contributed by atoms with van der Waals surface area (Å²) in [6.07, 6.45) is -3.68. The predicted molar refractivity (Wildman–Crippen MR) is 21.6 cm³/mol. The minimum absolute atomic E-state index is 0.669. The number of rotatable bonds is 3. The summed E-state index contributed by atoms with van der Waals surface area (Å²) in [7, 11) is 0. The highest BCUT2D eigenvalue weighted by Crippen LogP contribution is 1.97. The maximum absolute atomic E-state index is 11.1. The van der Waals surface area contributed by atoms with Crippen LogP contribution in [0.25, 0.3) is 0 Å². The van der Waals surface area contributed by atoms with Gasteiger partial charge in [0.1, 0.15) is 0 Å². The first kappa shape index (κ1) is 7.46. The first-order valence-electron chi connectivity index (χ1n) is 2.05. The van der Waals surface area contributed by atoms with Gasteiger partial charge in [-0.1, -0.05) is 0 Å². The number of ketones is 1. The summed E-state index contributed by atoms with van der Waals surface area (Å²) < 4.78 is 33.2. The smallest absolute Gasteiger partial charge is 0.293 e. The fourth-order valence-corrected chi connectivity index (χ4v) is 0.202. The van der Waals surface area contributed by atoms with Crippen LogP contribution in [-0.2, 0) is 4.79 Å². The maximum Gasteiger partial charge on any atom is 0.296 e. The van der Waals surface area contributed by atoms with E-state index in [0.717, 1.165) is 0 Å². The molecule has 4 heteroatoms. The third-order valence-electron chi connectivity index (χ3n) is 0.584. The molecule has 0 fully saturated rings. The first-order chi connectivity index (χ1) is 3.68. The van der Waals surface area contributed by atoms with E-state index < -0.39 is 25.3 Å². The molecule has 0 amide bonds. The van der Waals surface area contributed by atoms with Gasteiger partial charge in [-0.05, 0) is 0 Å². The molecular weight excluding hydrogens is 121 g/mol. The van der Waals surface area contributed by atoms with Gasteiger partial charge in [-0.15, -0.1) is 0 Å². The molecule has 0 aliphatic heterocycles. The minimum atomic E-state index is -3.01. The molecule has 0 saturated carbocycles. The van der Waals surface area contributed by atoms with Crippen LogP contribution in [0.15, 0.2) is 0 Å². The Morgan fingerprint density at radius 1 is 1.50 bits per heavy atom. The highest BCUT2D eigenvalue weighted by molar-refractivity contribution is 5.81. The first-order valence-corrected chi connectivity index (χ1v) is 2.05. The van der Waals surface area contributed by atoms with Gasteiger partial charge in [0.05, 0.1) is 6.67 Å². The molecule has 0 saturated heterocycles. The van der Waals surface area contributed by atoms with E-state index in [1.807, 2.05) is 0 Å². The lowest BCUT2D eigenvalue weighted by Crippen LogP contribution is -2.09. The predicted octanol–water partition coefficient (Wildman–Crippen LogP) is 1.18. The number of alkyl halides is 3. The number of Topliss-reactive ketones (excluding diaryl/α,β-unsaturated/α-hetero) is 1. The van der Waals surface area contributed by atoms with Crippen molar-refractivity contribution in [3.05, 3.63) is 0 Å². The molecule has 0 aliphatic rings. The molecule has 0 bridgehead atoms. The Labute approximate surface area is 44.5 Å². The molecule has 1 nitrogen and oxygen atoms in total. The molecule has 0 aromatic carbocycles. The summed E-state index contributed by atoms with van der Waals surface area (Å²) in [6, 6.07) is 0. The lowest BCUT2D eigenvalue weighted by atomic mass is 10.3. The van der Waals surface area contributed by atoms with Gasteiger partial charge < -0.3 is 0 Å². The van der Waals surface area contributed by atoms with Crippen molar-refractivity contribution in [2.45, 2.75) is 12.8 Å². The standard InChI is InChI=1S/C4H5F3O/c5-2-1-3(8)4(6)7/h4H,1-2H2. The molecule has 0 heterocycles. The van der Waals surface area contributed by atoms with E-state index in [1.54, 1.807) is 0 Å². The largest absolute Gasteiger partial charge is 0.296 e. The average molecular weight is 126 g/mol. The Morgan fingerprint density at radius 2 is 2.00 bits per heavy atom. The van der Waals surface area contributed by atoms with Crippen molar-refractivity contribution < 1.29 is 18.0 Å². The van der Waals surface area contributed by atoms with Crippen LogP contribution in [0.1, 0.15) is 6.42 Å². The van der Waals surface area contributed by atoms with E-state index in [9.17, 15) is 18.0 Å². The summed E-state index contributed by atoms with van der Waals surface area (Å²) in [5, 5.41) is 0. The van der Waals surface area contributed by atoms with Crippen LogP contribution in [0.2, 0.25) is 0 Å². The molecule has 8 heavy (non-hydrogen) atoms. The summed E-state index contributed by atoms with van der Waals surface area (Å²) in [5.74, 6) is -1.33. The number of hydrogen-bond acceptors (Lipinski definition) is 1. The topological polar surface area (TPSA) is 17.1 Å². The van der Waals surface area contributed by atoms with Gasteiger partial charge in [0, 0.05) is 6.42 Å². The van der Waals surface area contributed by atoms with Gasteiger partial charge in [-0.3, -0.25) is 9.18 Å². The van der Waals surface area contributed by atoms with Crippen LogP contribution in [0.3, 0.4) is 0 Å². The number of halogens is 3. The molecule has 0 spiro atoms. The Morgan fingerprint density at radius 3 is 2.12 bits per heavy atom. The van der Waals surface area contributed by atoms with Crippen molar-refractivity contribution >= 4 is 5.78 Å². The van der Waals surface area contributed by atoms with Crippen molar-refractivity contribution in [2.75, 3.05) is 6.67 Å². The summed E-state index contributed by atoms with van der Waals surface area (Å²) in [4.78, 5) is 9.75. The van der Waals surface area contributed by atoms with Crippen LogP contribution >= 0.6 is 0 Å². The highest BCUT2D eigenvalue weighted by atomic mass is 19.3. The zero-order chi connectivity index (χ0) is 6.57. The fourth-order valence-electron chi connectivity index (χ4n) is 0.202. The number of hydrogen-bond donors (Lipinski definition) is 0. The molecule has 0 N–H and O–H groups in total. The zero-order valence-corrected chi connectivity index (χ0v) is 4.03. The van der Waals surface area contributed by atoms with Crippen molar-refractivity contribution in [3.63, 3.8) is 0 Å². The number of carbonyl (C=O) groups is 1. The van der Waals surface area contributed by atoms with E-state index in [4.69, 9.17) is 0 Å². The second-order valence-electron chi connectivity index (χ2n) is 1.21. The maximum atomic E-state index is 11.1. The summed E-state index contributed by atoms with van der Waals surface area (Å²) >= 11 is 0. The van der Waals surface area contributed by atoms with Gasteiger partial charge >= 0.3 is 0 Å². The summed E-state index contributed by atoms with van der Waals surface area (Å²) in [6.45, 7) is -0.997. The van der Waals surface area contributed by atoms with Crippen molar-refractivity contribution in [2.24, 2.45) is 0 Å². The quantitative estimate of drug-likeness (QED) is 0.554. The Balaban J connectivity index is 3.33. The number of carbonyl (C=O) groups excluding carboxylic acids is 1. The van der Waals surface area contributed by atoms with Gasteiger partial charge in [0.15, 0.2) is 0 Å². The third kappa shape index (κ3) is 2.60. The van der Waals surface area contributed by atoms with Crippen molar-refractivity contribution in [1.82, 2.24) is 0 Å². The van der Waals surface area contributed by atoms with Crippen LogP contribution in [0, 0.1) is 0 Å². The molecule has 48 valence electrons. The molecule has 0 atom stereocenters. The second-order valence-corrected chi connectivity index (χ2v) is 1.21. The molecule has 0 unspecified atom stereocenters. The van der Waals surface area contributed by atoms with Gasteiger partial charge in [0.2, 0.25) is 5.78 Å². The lowest BCUT2D eigenvalue weighted by Gasteiger charge is -1.90. The molecule has 0 rings (SSSR count). The van der Waals surface area contributed by atoms with E-state index in [2.05, 4.69) is 0 Å². The van der Waals surface area contributed by atoms with E-state index in [1.165, 1.54) is 0 Å². The minimum Gasteiger partial charge on any atom is -0.293 e. The van der Waals surface area contributed by atoms with E-state index in [0.29, 0.717) is 0 Å². The van der Waals surface area contributed by atoms with Crippen molar-refractivity contribution in [3.8, 4) is 0 Å². The monoisotopic (exact) mass is 126 g/mol. The molecule has 0 aromatic heterocycles. The van der Waals surface area contributed by atoms with Crippen LogP contribution in [0.4, 0.5) is 13.2 Å². The van der Waals surface area contributed by atoms with E-state index in [-0.39, 0.29) is 0 Å². The van der Waals surface area contributed by atoms with Gasteiger partial charge in [-0.25, -0.2) is 8.78 Å². The fraction of sp³-hybridized carbons (Fsp3) is 0.750. The Hall–Kier alpha value is -0.540. The Kier molecular flexibility index (Phi) is 3.23. The van der Waals surface area contributed by atoms with Crippen LogP contribution in [0.5, 0.6) is 0 Å². The lowest BCUT2D eigenvalue weighted by molar-refractivity contribution is -0.129. The van der Waals surface area contributed by atoms with Gasteiger partial charge in [-0.2, -0.15) is 0 Å². The van der Waals surface area contributed by atoms with Crippen LogP contribution < -0.4 is 0 Å². The third-order valence-corrected chi connectivity index (χ3v) is 0.584. The molecule has 0 aliphatic carbocycles. The van der Waals surface area contributed by atoms with Crippen LogP contribution in [-0.4, -0.2) is 18.9 Å². The molecule has 0 radical (unpaired) electrons. The highest BCUT2D eigenvalue weighted by Gasteiger charge is 2.13. The molecule has 0 aromatic rings. The van der Waals surface area contributed by atoms with E-state index >= 15 is 0 Å². The molecular formula is C4H5F3O. The SMILES string of the molecule is O=C(CCF)C(F)F. The Bertz CT molecular complexity index is 81.4. The summed E-state index contributed by atoms with van der Waals surface area (Å²) in [5.41, 5.74) is 0. The normalized spacial score (nSPS) is 10.0.